The lowest BCUT2D eigenvalue weighted by Crippen LogP contribution is -2.10. The first-order chi connectivity index (χ1) is 13.1. The van der Waals surface area contributed by atoms with Gasteiger partial charge in [-0.15, -0.1) is 0 Å². The highest BCUT2D eigenvalue weighted by Gasteiger charge is 2.24. The van der Waals surface area contributed by atoms with Crippen LogP contribution in [0.4, 0.5) is 0 Å². The molecule has 140 valence electrons. The molecule has 1 saturated carbocycles. The minimum atomic E-state index is -0.957. The van der Waals surface area contributed by atoms with E-state index in [2.05, 4.69) is 5.10 Å². The maximum absolute atomic E-state index is 11.7. The summed E-state index contributed by atoms with van der Waals surface area (Å²) >= 11 is 0. The molecular weight excluding hydrogens is 342 g/mol. The molecule has 27 heavy (non-hydrogen) atoms. The number of carboxylic acid groups (broad SMARTS) is 1. The third-order valence-corrected chi connectivity index (χ3v) is 5.17. The highest BCUT2D eigenvalue weighted by Crippen LogP contribution is 2.33. The average molecular weight is 365 g/mol. The second kappa shape index (κ2) is 7.34. The fourth-order valence-corrected chi connectivity index (χ4v) is 3.77. The van der Waals surface area contributed by atoms with Crippen molar-refractivity contribution in [2.45, 2.75) is 44.4 Å². The molecule has 1 aromatic carbocycles. The number of aryl methyl sites for hydroxylation is 3. The van der Waals surface area contributed by atoms with Gasteiger partial charge in [0.15, 0.2) is 5.82 Å². The van der Waals surface area contributed by atoms with Gasteiger partial charge in [0.05, 0.1) is 17.4 Å². The standard InChI is InChI=1S/C20H23N5O2/c1-24-13-14(12-21-24)10-11-18-22-19(15-6-2-3-7-15)23-25(18)17-9-5-4-8-16(17)20(26)27/h4-5,8-9,12-13,15H,2-3,6-7,10-11H2,1H3,(H,26,27). The van der Waals surface area contributed by atoms with Crippen molar-refractivity contribution in [3.05, 3.63) is 59.4 Å². The number of benzene rings is 1. The molecule has 1 aliphatic carbocycles. The summed E-state index contributed by atoms with van der Waals surface area (Å²) in [4.78, 5) is 16.5. The first-order valence-corrected chi connectivity index (χ1v) is 9.38. The zero-order chi connectivity index (χ0) is 18.8. The number of hydrogen-bond donors (Lipinski definition) is 1. The van der Waals surface area contributed by atoms with Crippen LogP contribution in [0.3, 0.4) is 0 Å². The number of aromatic nitrogens is 5. The van der Waals surface area contributed by atoms with Crippen molar-refractivity contribution in [1.29, 1.82) is 0 Å². The summed E-state index contributed by atoms with van der Waals surface area (Å²) in [6.07, 6.45) is 9.92. The van der Waals surface area contributed by atoms with E-state index in [4.69, 9.17) is 10.1 Å². The van der Waals surface area contributed by atoms with E-state index in [9.17, 15) is 9.90 Å². The summed E-state index contributed by atoms with van der Waals surface area (Å²) in [6.45, 7) is 0. The number of para-hydroxylation sites is 1. The van der Waals surface area contributed by atoms with Gasteiger partial charge < -0.3 is 5.11 Å². The van der Waals surface area contributed by atoms with Crippen LogP contribution >= 0.6 is 0 Å². The van der Waals surface area contributed by atoms with E-state index >= 15 is 0 Å². The Morgan fingerprint density at radius 1 is 1.22 bits per heavy atom. The summed E-state index contributed by atoms with van der Waals surface area (Å²) in [5.74, 6) is 1.06. The largest absolute Gasteiger partial charge is 0.478 e. The van der Waals surface area contributed by atoms with E-state index < -0.39 is 5.97 Å². The van der Waals surface area contributed by atoms with E-state index in [1.54, 1.807) is 27.6 Å². The second-order valence-corrected chi connectivity index (χ2v) is 7.12. The molecule has 4 rings (SSSR count). The van der Waals surface area contributed by atoms with Crippen molar-refractivity contribution in [2.75, 3.05) is 0 Å². The van der Waals surface area contributed by atoms with Crippen LogP contribution in [0.25, 0.3) is 5.69 Å². The van der Waals surface area contributed by atoms with Gasteiger partial charge in [-0.05, 0) is 37.0 Å². The van der Waals surface area contributed by atoms with E-state index in [1.165, 1.54) is 12.8 Å². The molecule has 1 fully saturated rings. The van der Waals surface area contributed by atoms with Crippen LogP contribution in [-0.4, -0.2) is 35.6 Å². The second-order valence-electron chi connectivity index (χ2n) is 7.12. The Labute approximate surface area is 157 Å². The van der Waals surface area contributed by atoms with Gasteiger partial charge in [-0.3, -0.25) is 4.68 Å². The summed E-state index contributed by atoms with van der Waals surface area (Å²) in [5, 5.41) is 18.5. The smallest absolute Gasteiger partial charge is 0.337 e. The zero-order valence-electron chi connectivity index (χ0n) is 15.4. The number of hydrogen-bond acceptors (Lipinski definition) is 4. The molecule has 0 bridgehead atoms. The molecule has 0 spiro atoms. The Morgan fingerprint density at radius 2 is 2.00 bits per heavy atom. The van der Waals surface area contributed by atoms with E-state index in [-0.39, 0.29) is 5.56 Å². The van der Waals surface area contributed by atoms with Crippen LogP contribution in [0.15, 0.2) is 36.7 Å². The van der Waals surface area contributed by atoms with Gasteiger partial charge in [-0.1, -0.05) is 25.0 Å². The summed E-state index contributed by atoms with van der Waals surface area (Å²) < 4.78 is 3.51. The molecule has 7 nitrogen and oxygen atoms in total. The zero-order valence-corrected chi connectivity index (χ0v) is 15.4. The van der Waals surface area contributed by atoms with Crippen LogP contribution in [0.5, 0.6) is 0 Å². The third kappa shape index (κ3) is 3.63. The van der Waals surface area contributed by atoms with Crippen LogP contribution in [0, 0.1) is 0 Å². The van der Waals surface area contributed by atoms with E-state index in [0.717, 1.165) is 36.5 Å². The summed E-state index contributed by atoms with van der Waals surface area (Å²) in [5.41, 5.74) is 1.94. The number of carboxylic acids is 1. The number of nitrogens with zero attached hydrogens (tertiary/aromatic N) is 5. The summed E-state index contributed by atoms with van der Waals surface area (Å²) in [6, 6.07) is 6.98. The fourth-order valence-electron chi connectivity index (χ4n) is 3.77. The molecule has 0 saturated heterocycles. The number of rotatable bonds is 6. The normalized spacial score (nSPS) is 14.7. The average Bonchev–Trinajstić information content (AvgIpc) is 3.40. The molecule has 1 N–H and O–H groups in total. The first kappa shape index (κ1) is 17.5. The van der Waals surface area contributed by atoms with Gasteiger partial charge >= 0.3 is 5.97 Å². The molecule has 0 amide bonds. The van der Waals surface area contributed by atoms with Crippen molar-refractivity contribution in [3.63, 3.8) is 0 Å². The molecule has 1 aliphatic rings. The Hall–Kier alpha value is -2.96. The highest BCUT2D eigenvalue weighted by molar-refractivity contribution is 5.91. The Balaban J connectivity index is 1.71. The Kier molecular flexibility index (Phi) is 4.75. The van der Waals surface area contributed by atoms with Gasteiger partial charge in [0.2, 0.25) is 0 Å². The minimum absolute atomic E-state index is 0.239. The molecule has 0 aliphatic heterocycles. The molecule has 2 heterocycles. The molecule has 0 unspecified atom stereocenters. The topological polar surface area (TPSA) is 85.8 Å². The Bertz CT molecular complexity index is 953. The molecule has 2 aromatic heterocycles. The lowest BCUT2D eigenvalue weighted by molar-refractivity contribution is 0.0696. The lowest BCUT2D eigenvalue weighted by atomic mass is 10.1. The number of aromatic carboxylic acids is 1. The third-order valence-electron chi connectivity index (χ3n) is 5.17. The number of carbonyl (C=O) groups is 1. The van der Waals surface area contributed by atoms with Gasteiger partial charge in [0.25, 0.3) is 0 Å². The first-order valence-electron chi connectivity index (χ1n) is 9.38. The summed E-state index contributed by atoms with van der Waals surface area (Å²) in [7, 11) is 1.90. The van der Waals surface area contributed by atoms with E-state index in [1.807, 2.05) is 25.5 Å². The van der Waals surface area contributed by atoms with Gasteiger partial charge in [0, 0.05) is 25.6 Å². The van der Waals surface area contributed by atoms with Crippen LogP contribution in [0.1, 0.15) is 59.2 Å². The maximum atomic E-state index is 11.7. The van der Waals surface area contributed by atoms with Crippen molar-refractivity contribution in [1.82, 2.24) is 24.5 Å². The SMILES string of the molecule is Cn1cc(CCc2nc(C3CCCC3)nn2-c2ccccc2C(=O)O)cn1. The molecule has 0 radical (unpaired) electrons. The molecular formula is C20H23N5O2. The fraction of sp³-hybridized carbons (Fsp3) is 0.400. The van der Waals surface area contributed by atoms with Crippen molar-refractivity contribution in [2.24, 2.45) is 7.05 Å². The van der Waals surface area contributed by atoms with Crippen molar-refractivity contribution in [3.8, 4) is 5.69 Å². The maximum Gasteiger partial charge on any atom is 0.337 e. The minimum Gasteiger partial charge on any atom is -0.478 e. The van der Waals surface area contributed by atoms with Crippen LogP contribution < -0.4 is 0 Å². The van der Waals surface area contributed by atoms with Gasteiger partial charge in [-0.25, -0.2) is 14.5 Å². The quantitative estimate of drug-likeness (QED) is 0.725. The molecule has 3 aromatic rings. The Morgan fingerprint density at radius 3 is 2.70 bits per heavy atom. The highest BCUT2D eigenvalue weighted by atomic mass is 16.4. The van der Waals surface area contributed by atoms with Crippen molar-refractivity contribution < 1.29 is 9.90 Å². The molecule has 7 heteroatoms. The predicted octanol–water partition coefficient (Wildman–Crippen LogP) is 3.14. The predicted molar refractivity (Wildman–Crippen MR) is 100 cm³/mol. The van der Waals surface area contributed by atoms with Crippen molar-refractivity contribution >= 4 is 5.97 Å². The van der Waals surface area contributed by atoms with Gasteiger partial charge in [-0.2, -0.15) is 10.2 Å². The van der Waals surface area contributed by atoms with Crippen LogP contribution in [0.2, 0.25) is 0 Å². The lowest BCUT2D eigenvalue weighted by Gasteiger charge is -2.08. The monoisotopic (exact) mass is 365 g/mol. The van der Waals surface area contributed by atoms with E-state index in [0.29, 0.717) is 18.0 Å². The van der Waals surface area contributed by atoms with Gasteiger partial charge in [0.1, 0.15) is 5.82 Å². The molecule has 0 atom stereocenters. The van der Waals surface area contributed by atoms with Crippen LogP contribution in [-0.2, 0) is 19.9 Å².